The van der Waals surface area contributed by atoms with E-state index < -0.39 is 0 Å². The molecule has 3 heteroatoms. The van der Waals surface area contributed by atoms with Gasteiger partial charge in [0.1, 0.15) is 5.75 Å². The van der Waals surface area contributed by atoms with Crippen LogP contribution in [0.4, 0.5) is 0 Å². The Kier molecular flexibility index (Phi) is 3.22. The van der Waals surface area contributed by atoms with Crippen LogP contribution in [-0.2, 0) is 19.4 Å². The molecule has 2 heterocycles. The second-order valence-corrected chi connectivity index (χ2v) is 6.12. The van der Waals surface area contributed by atoms with E-state index in [0.29, 0.717) is 0 Å². The smallest absolute Gasteiger partial charge is 0.162 e. The first-order valence-corrected chi connectivity index (χ1v) is 7.96. The van der Waals surface area contributed by atoms with Gasteiger partial charge in [0.15, 0.2) is 5.78 Å². The number of methoxy groups -OCH3 is 1. The van der Waals surface area contributed by atoms with Gasteiger partial charge in [0.05, 0.1) is 7.11 Å². The molecule has 1 aliphatic heterocycles. The largest absolute Gasteiger partial charge is 0.497 e. The standard InChI is InChI=1S/C20H19NO2/c1-13(22)20-17-5-3-4-6-18(17)21-12-15-7-9-16(23-2)11-14(15)8-10-19(20)21/h3-7,9,11H,8,10,12H2,1-2H3. The molecule has 0 atom stereocenters. The number of rotatable bonds is 2. The summed E-state index contributed by atoms with van der Waals surface area (Å²) >= 11 is 0. The Morgan fingerprint density at radius 1 is 1.09 bits per heavy atom. The van der Waals surface area contributed by atoms with Gasteiger partial charge in [-0.05, 0) is 49.1 Å². The van der Waals surface area contributed by atoms with E-state index in [-0.39, 0.29) is 5.78 Å². The van der Waals surface area contributed by atoms with Crippen molar-refractivity contribution in [1.29, 1.82) is 0 Å². The fourth-order valence-corrected chi connectivity index (χ4v) is 3.73. The molecular formula is C20H19NO2. The molecule has 2 aromatic carbocycles. The van der Waals surface area contributed by atoms with E-state index in [0.717, 1.165) is 47.3 Å². The Hall–Kier alpha value is -2.55. The van der Waals surface area contributed by atoms with Crippen LogP contribution in [0, 0.1) is 0 Å². The van der Waals surface area contributed by atoms with Crippen LogP contribution < -0.4 is 4.74 Å². The number of para-hydroxylation sites is 1. The molecule has 23 heavy (non-hydrogen) atoms. The highest BCUT2D eigenvalue weighted by Gasteiger charge is 2.23. The molecule has 0 amide bonds. The molecule has 3 nitrogen and oxygen atoms in total. The third-order valence-corrected chi connectivity index (χ3v) is 4.80. The number of aryl methyl sites for hydroxylation is 1. The van der Waals surface area contributed by atoms with Gasteiger partial charge in [-0.15, -0.1) is 0 Å². The molecule has 4 rings (SSSR count). The maximum absolute atomic E-state index is 12.2. The summed E-state index contributed by atoms with van der Waals surface area (Å²) in [6.45, 7) is 2.48. The summed E-state index contributed by atoms with van der Waals surface area (Å²) in [4.78, 5) is 12.2. The third-order valence-electron chi connectivity index (χ3n) is 4.80. The molecule has 0 bridgehead atoms. The van der Waals surface area contributed by atoms with Gasteiger partial charge in [0.2, 0.25) is 0 Å². The monoisotopic (exact) mass is 305 g/mol. The maximum atomic E-state index is 12.2. The minimum Gasteiger partial charge on any atom is -0.497 e. The molecule has 0 N–H and O–H groups in total. The molecule has 0 fully saturated rings. The molecule has 0 saturated carbocycles. The number of aromatic nitrogens is 1. The van der Waals surface area contributed by atoms with E-state index in [9.17, 15) is 4.79 Å². The summed E-state index contributed by atoms with van der Waals surface area (Å²) in [5.41, 5.74) is 5.82. The Morgan fingerprint density at radius 3 is 2.70 bits per heavy atom. The van der Waals surface area contributed by atoms with Gasteiger partial charge in [-0.2, -0.15) is 0 Å². The molecule has 0 aliphatic carbocycles. The summed E-state index contributed by atoms with van der Waals surface area (Å²) in [6.07, 6.45) is 1.81. The van der Waals surface area contributed by atoms with Crippen LogP contribution in [0.2, 0.25) is 0 Å². The van der Waals surface area contributed by atoms with Crippen molar-refractivity contribution >= 4 is 16.7 Å². The number of hydrogen-bond acceptors (Lipinski definition) is 2. The number of benzene rings is 2. The molecule has 1 aromatic heterocycles. The summed E-state index contributed by atoms with van der Waals surface area (Å²) in [7, 11) is 1.70. The number of fused-ring (bicyclic) bond motifs is 4. The first-order chi connectivity index (χ1) is 11.2. The highest BCUT2D eigenvalue weighted by Crippen LogP contribution is 2.32. The zero-order chi connectivity index (χ0) is 16.0. The van der Waals surface area contributed by atoms with Crippen LogP contribution in [0.3, 0.4) is 0 Å². The second kappa shape index (κ2) is 5.27. The van der Waals surface area contributed by atoms with Crippen LogP contribution >= 0.6 is 0 Å². The van der Waals surface area contributed by atoms with Crippen molar-refractivity contribution in [2.75, 3.05) is 7.11 Å². The lowest BCUT2D eigenvalue weighted by atomic mass is 10.00. The van der Waals surface area contributed by atoms with Crippen LogP contribution in [0.1, 0.15) is 34.1 Å². The number of carbonyl (C=O) groups excluding carboxylic acids is 1. The fourth-order valence-electron chi connectivity index (χ4n) is 3.73. The highest BCUT2D eigenvalue weighted by atomic mass is 16.5. The SMILES string of the molecule is COc1ccc2c(c1)CCc1c(C(C)=O)c3ccccc3n1C2. The lowest BCUT2D eigenvalue weighted by molar-refractivity contribution is 0.101. The fraction of sp³-hybridized carbons (Fsp3) is 0.250. The van der Waals surface area contributed by atoms with Gasteiger partial charge in [-0.1, -0.05) is 24.3 Å². The molecule has 3 aromatic rings. The van der Waals surface area contributed by atoms with Gasteiger partial charge in [0, 0.05) is 28.7 Å². The van der Waals surface area contributed by atoms with Crippen molar-refractivity contribution < 1.29 is 9.53 Å². The molecular weight excluding hydrogens is 286 g/mol. The Bertz CT molecular complexity index is 921. The molecule has 0 spiro atoms. The lowest BCUT2D eigenvalue weighted by Gasteiger charge is -2.10. The normalized spacial score (nSPS) is 13.3. The minimum absolute atomic E-state index is 0.151. The Labute approximate surface area is 135 Å². The zero-order valence-corrected chi connectivity index (χ0v) is 13.4. The average molecular weight is 305 g/mol. The lowest BCUT2D eigenvalue weighted by Crippen LogP contribution is -2.04. The van der Waals surface area contributed by atoms with Gasteiger partial charge in [0.25, 0.3) is 0 Å². The summed E-state index contributed by atoms with van der Waals surface area (Å²) < 4.78 is 7.66. The summed E-state index contributed by atoms with van der Waals surface area (Å²) in [5, 5.41) is 1.08. The molecule has 0 saturated heterocycles. The van der Waals surface area contributed by atoms with E-state index >= 15 is 0 Å². The number of ketones is 1. The molecule has 116 valence electrons. The Balaban J connectivity index is 1.94. The Morgan fingerprint density at radius 2 is 1.91 bits per heavy atom. The van der Waals surface area contributed by atoms with Crippen molar-refractivity contribution in [2.45, 2.75) is 26.3 Å². The predicted octanol–water partition coefficient (Wildman–Crippen LogP) is 4.00. The van der Waals surface area contributed by atoms with E-state index in [1.165, 1.54) is 11.1 Å². The number of hydrogen-bond donors (Lipinski definition) is 0. The van der Waals surface area contributed by atoms with Gasteiger partial charge in [-0.25, -0.2) is 0 Å². The van der Waals surface area contributed by atoms with E-state index in [4.69, 9.17) is 4.74 Å². The van der Waals surface area contributed by atoms with Crippen molar-refractivity contribution in [2.24, 2.45) is 0 Å². The number of ether oxygens (including phenoxy) is 1. The minimum atomic E-state index is 0.151. The number of nitrogens with zero attached hydrogens (tertiary/aromatic N) is 1. The quantitative estimate of drug-likeness (QED) is 0.670. The third kappa shape index (κ3) is 2.15. The first-order valence-electron chi connectivity index (χ1n) is 7.96. The van der Waals surface area contributed by atoms with Crippen molar-refractivity contribution in [3.63, 3.8) is 0 Å². The van der Waals surface area contributed by atoms with Crippen molar-refractivity contribution in [3.05, 3.63) is 64.8 Å². The maximum Gasteiger partial charge on any atom is 0.162 e. The van der Waals surface area contributed by atoms with Crippen LogP contribution in [0.15, 0.2) is 42.5 Å². The average Bonchev–Trinajstić information content (AvgIpc) is 2.75. The van der Waals surface area contributed by atoms with E-state index in [1.54, 1.807) is 14.0 Å². The van der Waals surface area contributed by atoms with E-state index in [2.05, 4.69) is 28.8 Å². The number of carbonyl (C=O) groups is 1. The van der Waals surface area contributed by atoms with Gasteiger partial charge in [-0.3, -0.25) is 4.79 Å². The molecule has 0 radical (unpaired) electrons. The van der Waals surface area contributed by atoms with Crippen LogP contribution in [0.25, 0.3) is 10.9 Å². The second-order valence-electron chi connectivity index (χ2n) is 6.12. The first kappa shape index (κ1) is 14.1. The highest BCUT2D eigenvalue weighted by molar-refractivity contribution is 6.08. The predicted molar refractivity (Wildman–Crippen MR) is 91.4 cm³/mol. The topological polar surface area (TPSA) is 31.2 Å². The zero-order valence-electron chi connectivity index (χ0n) is 13.4. The summed E-state index contributed by atoms with van der Waals surface area (Å²) in [6, 6.07) is 14.5. The van der Waals surface area contributed by atoms with E-state index in [1.807, 2.05) is 18.2 Å². The van der Waals surface area contributed by atoms with Crippen LogP contribution in [0.5, 0.6) is 5.75 Å². The molecule has 0 unspecified atom stereocenters. The van der Waals surface area contributed by atoms with Gasteiger partial charge < -0.3 is 9.30 Å². The van der Waals surface area contributed by atoms with Crippen LogP contribution in [-0.4, -0.2) is 17.5 Å². The van der Waals surface area contributed by atoms with Gasteiger partial charge >= 0.3 is 0 Å². The number of Topliss-reactive ketones (excluding diaryl/α,β-unsaturated/α-hetero) is 1. The molecule has 1 aliphatic rings. The van der Waals surface area contributed by atoms with Crippen molar-refractivity contribution in [3.8, 4) is 5.75 Å². The summed E-state index contributed by atoms with van der Waals surface area (Å²) in [5.74, 6) is 1.05. The van der Waals surface area contributed by atoms with Crippen molar-refractivity contribution in [1.82, 2.24) is 4.57 Å².